The first-order valence-electron chi connectivity index (χ1n) is 11.9. The van der Waals surface area contributed by atoms with Crippen LogP contribution < -0.4 is 5.32 Å². The average molecular weight is 479 g/mol. The van der Waals surface area contributed by atoms with Crippen LogP contribution in [0.25, 0.3) is 10.4 Å². The fraction of sp³-hybridized carbons (Fsp3) is 0.462. The summed E-state index contributed by atoms with van der Waals surface area (Å²) in [5.41, 5.74) is 2.84. The van der Waals surface area contributed by atoms with Gasteiger partial charge in [-0.25, -0.2) is 15.0 Å². The number of anilines is 2. The predicted molar refractivity (Wildman–Crippen MR) is 132 cm³/mol. The lowest BCUT2D eigenvalue weighted by Gasteiger charge is -2.48. The number of carbonyl (C=O) groups is 1. The Hall–Kier alpha value is -2.84. The van der Waals surface area contributed by atoms with E-state index < -0.39 is 11.6 Å². The molecular weight excluding hydrogens is 448 g/mol. The molecule has 4 unspecified atom stereocenters. The van der Waals surface area contributed by atoms with Crippen molar-refractivity contribution in [3.8, 4) is 10.4 Å². The van der Waals surface area contributed by atoms with Crippen molar-refractivity contribution in [2.75, 3.05) is 5.32 Å². The van der Waals surface area contributed by atoms with Gasteiger partial charge in [-0.3, -0.25) is 4.79 Å². The summed E-state index contributed by atoms with van der Waals surface area (Å²) in [6.45, 7) is 3.97. The van der Waals surface area contributed by atoms with Gasteiger partial charge in [0.05, 0.1) is 10.8 Å². The number of aliphatic carboxylic acids is 1. The van der Waals surface area contributed by atoms with E-state index >= 15 is 0 Å². The van der Waals surface area contributed by atoms with Crippen LogP contribution in [-0.4, -0.2) is 31.1 Å². The fourth-order valence-electron chi connectivity index (χ4n) is 5.82. The summed E-state index contributed by atoms with van der Waals surface area (Å²) in [6, 6.07) is 8.06. The number of carboxylic acid groups (broad SMARTS) is 1. The molecule has 0 bridgehead atoms. The van der Waals surface area contributed by atoms with Crippen molar-refractivity contribution in [1.82, 2.24) is 15.0 Å². The fourth-order valence-corrected chi connectivity index (χ4v) is 6.91. The van der Waals surface area contributed by atoms with Gasteiger partial charge in [0.1, 0.15) is 10.6 Å². The van der Waals surface area contributed by atoms with Gasteiger partial charge in [0.15, 0.2) is 0 Å². The van der Waals surface area contributed by atoms with E-state index in [0.29, 0.717) is 23.8 Å². The van der Waals surface area contributed by atoms with Crippen molar-refractivity contribution in [2.45, 2.75) is 58.0 Å². The highest BCUT2D eigenvalue weighted by Gasteiger charge is 2.53. The summed E-state index contributed by atoms with van der Waals surface area (Å²) in [4.78, 5) is 26.2. The van der Waals surface area contributed by atoms with E-state index in [1.54, 1.807) is 6.20 Å². The van der Waals surface area contributed by atoms with E-state index in [1.807, 2.05) is 38.2 Å². The Kier molecular flexibility index (Phi) is 6.12. The monoisotopic (exact) mass is 478 g/mol. The van der Waals surface area contributed by atoms with Crippen LogP contribution in [0.5, 0.6) is 0 Å². The number of benzene rings is 1. The van der Waals surface area contributed by atoms with Gasteiger partial charge in [0.25, 0.3) is 0 Å². The summed E-state index contributed by atoms with van der Waals surface area (Å²) >= 11 is 1.52. The van der Waals surface area contributed by atoms with Gasteiger partial charge in [0.2, 0.25) is 5.95 Å². The number of nitrogens with zero attached hydrogens (tertiary/aromatic N) is 3. The van der Waals surface area contributed by atoms with Crippen LogP contribution in [0.2, 0.25) is 0 Å². The highest BCUT2D eigenvalue weighted by Crippen LogP contribution is 2.54. The average Bonchev–Trinajstić information content (AvgIpc) is 3.30. The topological polar surface area (TPSA) is 108 Å². The van der Waals surface area contributed by atoms with Gasteiger partial charge >= 0.3 is 5.97 Å². The van der Waals surface area contributed by atoms with Crippen molar-refractivity contribution in [3.05, 3.63) is 52.9 Å². The molecule has 8 heteroatoms. The number of aliphatic hydroxyl groups is 1. The lowest BCUT2D eigenvalue weighted by Crippen LogP contribution is -2.49. The summed E-state index contributed by atoms with van der Waals surface area (Å²) in [5, 5.41) is 25.6. The number of rotatable bonds is 5. The van der Waals surface area contributed by atoms with Gasteiger partial charge in [0, 0.05) is 23.8 Å². The normalized spacial score (nSPS) is 26.6. The van der Waals surface area contributed by atoms with Gasteiger partial charge < -0.3 is 15.5 Å². The number of hydrogen-bond acceptors (Lipinski definition) is 7. The second-order valence-electron chi connectivity index (χ2n) is 9.73. The second kappa shape index (κ2) is 9.07. The van der Waals surface area contributed by atoms with Gasteiger partial charge in [-0.2, -0.15) is 0 Å². The molecule has 5 rings (SSSR count). The molecule has 2 heterocycles. The quantitative estimate of drug-likeness (QED) is 0.447. The first-order chi connectivity index (χ1) is 16.3. The van der Waals surface area contributed by atoms with Crippen LogP contribution in [-0.2, 0) is 10.4 Å². The number of thiazole rings is 1. The summed E-state index contributed by atoms with van der Waals surface area (Å²) in [5.74, 6) is -0.574. The minimum absolute atomic E-state index is 0.0152. The molecule has 178 valence electrons. The number of nitrogens with one attached hydrogen (secondary N) is 1. The van der Waals surface area contributed by atoms with Crippen LogP contribution in [0.3, 0.4) is 0 Å². The Morgan fingerprint density at radius 2 is 1.97 bits per heavy atom. The van der Waals surface area contributed by atoms with Crippen molar-refractivity contribution in [2.24, 2.45) is 17.8 Å². The number of aryl methyl sites for hydroxylation is 2. The van der Waals surface area contributed by atoms with Crippen LogP contribution in [0.15, 0.2) is 36.7 Å². The molecule has 0 radical (unpaired) electrons. The number of carboxylic acids is 1. The Morgan fingerprint density at radius 3 is 2.76 bits per heavy atom. The number of hydrogen-bond donors (Lipinski definition) is 3. The second-order valence-corrected chi connectivity index (χ2v) is 10.8. The molecule has 3 N–H and O–H groups in total. The molecule has 1 aromatic carbocycles. The molecule has 0 amide bonds. The van der Waals surface area contributed by atoms with Gasteiger partial charge in [-0.15, -0.1) is 11.3 Å². The van der Waals surface area contributed by atoms with E-state index in [0.717, 1.165) is 53.1 Å². The minimum atomic E-state index is -1.06. The lowest BCUT2D eigenvalue weighted by molar-refractivity contribution is -0.159. The minimum Gasteiger partial charge on any atom is -0.481 e. The van der Waals surface area contributed by atoms with E-state index in [4.69, 9.17) is 0 Å². The van der Waals surface area contributed by atoms with E-state index in [2.05, 4.69) is 26.3 Å². The van der Waals surface area contributed by atoms with Crippen molar-refractivity contribution >= 4 is 28.9 Å². The molecule has 2 aliphatic rings. The molecule has 2 saturated carbocycles. The van der Waals surface area contributed by atoms with Gasteiger partial charge in [-0.1, -0.05) is 18.9 Å². The molecule has 2 aromatic heterocycles. The maximum absolute atomic E-state index is 11.9. The van der Waals surface area contributed by atoms with E-state index in [-0.39, 0.29) is 17.8 Å². The van der Waals surface area contributed by atoms with Crippen molar-refractivity contribution in [1.29, 1.82) is 0 Å². The molecule has 3 aromatic rings. The summed E-state index contributed by atoms with van der Waals surface area (Å²) in [6.07, 6.45) is 8.30. The standard InChI is InChI=1S/C26H30N4O3S/c1-15-11-17(13-18(12-15)30-25-27-10-8-16(2)29-25)22-14-28-24(34-22)26(33)9-7-20(23(31)32)19-5-3-4-6-21(19)26/h8,10-14,19-21,33H,3-7,9H2,1-2H3,(H,31,32)(H,27,29,30). The third-order valence-corrected chi connectivity index (χ3v) is 8.61. The van der Waals surface area contributed by atoms with Crippen molar-refractivity contribution < 1.29 is 15.0 Å². The van der Waals surface area contributed by atoms with Crippen molar-refractivity contribution in [3.63, 3.8) is 0 Å². The number of fused-ring (bicyclic) bond motifs is 1. The zero-order valence-electron chi connectivity index (χ0n) is 19.5. The predicted octanol–water partition coefficient (Wildman–Crippen LogP) is 5.45. The van der Waals surface area contributed by atoms with E-state index in [9.17, 15) is 15.0 Å². The molecule has 4 atom stereocenters. The Labute approximate surface area is 203 Å². The summed E-state index contributed by atoms with van der Waals surface area (Å²) < 4.78 is 0. The maximum Gasteiger partial charge on any atom is 0.306 e. The third kappa shape index (κ3) is 4.32. The molecule has 0 saturated heterocycles. The molecule has 2 aliphatic carbocycles. The molecule has 0 aliphatic heterocycles. The van der Waals surface area contributed by atoms with Crippen LogP contribution in [0.4, 0.5) is 11.6 Å². The molecule has 2 fully saturated rings. The van der Waals surface area contributed by atoms with Crippen LogP contribution >= 0.6 is 11.3 Å². The lowest BCUT2D eigenvalue weighted by atomic mass is 9.59. The maximum atomic E-state index is 11.9. The zero-order valence-corrected chi connectivity index (χ0v) is 20.3. The molecule has 0 spiro atoms. The highest BCUT2D eigenvalue weighted by molar-refractivity contribution is 7.15. The Morgan fingerprint density at radius 1 is 1.15 bits per heavy atom. The smallest absolute Gasteiger partial charge is 0.306 e. The summed E-state index contributed by atoms with van der Waals surface area (Å²) in [7, 11) is 0. The number of aromatic nitrogens is 3. The van der Waals surface area contributed by atoms with Gasteiger partial charge in [-0.05, 0) is 80.7 Å². The Bertz CT molecular complexity index is 1210. The Balaban J connectivity index is 1.43. The highest BCUT2D eigenvalue weighted by atomic mass is 32.1. The van der Waals surface area contributed by atoms with Crippen LogP contribution in [0.1, 0.15) is 54.8 Å². The molecule has 7 nitrogen and oxygen atoms in total. The largest absolute Gasteiger partial charge is 0.481 e. The first-order valence-corrected chi connectivity index (χ1v) is 12.8. The SMILES string of the molecule is Cc1cc(Nc2nccc(C)n2)cc(-c2cnc(C3(O)CCC(C(=O)O)C4CCCCC43)s2)c1. The van der Waals surface area contributed by atoms with E-state index in [1.165, 1.54) is 11.3 Å². The zero-order chi connectivity index (χ0) is 23.9. The third-order valence-electron chi connectivity index (χ3n) is 7.39. The van der Waals surface area contributed by atoms with Crippen LogP contribution in [0, 0.1) is 31.6 Å². The molecular formula is C26H30N4O3S. The molecule has 34 heavy (non-hydrogen) atoms. The first kappa shape index (κ1) is 22.9.